The summed E-state index contributed by atoms with van der Waals surface area (Å²) >= 11 is 1.27. The third kappa shape index (κ3) is 5.16. The Morgan fingerprint density at radius 2 is 1.91 bits per heavy atom. The van der Waals surface area contributed by atoms with Gasteiger partial charge in [-0.1, -0.05) is 30.7 Å². The van der Waals surface area contributed by atoms with Gasteiger partial charge in [0.25, 0.3) is 5.78 Å². The first-order valence-electron chi connectivity index (χ1n) is 14.2. The second-order valence-corrected chi connectivity index (χ2v) is 11.6. The first kappa shape index (κ1) is 28.5. The minimum absolute atomic E-state index is 0.0150. The predicted octanol–water partition coefficient (Wildman–Crippen LogP) is 6.44. The van der Waals surface area contributed by atoms with Crippen LogP contribution in [0, 0.1) is 0 Å². The van der Waals surface area contributed by atoms with E-state index in [2.05, 4.69) is 6.92 Å². The molecule has 2 aliphatic rings. The summed E-state index contributed by atoms with van der Waals surface area (Å²) in [5, 5.41) is 12.0. The van der Waals surface area contributed by atoms with Crippen LogP contribution in [-0.2, 0) is 16.0 Å². The van der Waals surface area contributed by atoms with Gasteiger partial charge in [-0.05, 0) is 73.0 Å². The summed E-state index contributed by atoms with van der Waals surface area (Å²) in [6, 6.07) is 15.1. The van der Waals surface area contributed by atoms with Crippen molar-refractivity contribution >= 4 is 44.1 Å². The quantitative estimate of drug-likeness (QED) is 0.101. The van der Waals surface area contributed by atoms with Gasteiger partial charge in [0.2, 0.25) is 0 Å². The van der Waals surface area contributed by atoms with Gasteiger partial charge in [-0.2, -0.15) is 0 Å². The maximum absolute atomic E-state index is 13.8. The van der Waals surface area contributed by atoms with Crippen LogP contribution in [0.4, 0.5) is 5.13 Å². The van der Waals surface area contributed by atoms with Gasteiger partial charge in [0.15, 0.2) is 16.6 Å². The molecule has 1 fully saturated rings. The number of carbonyl (C=O) groups is 2. The Balaban J connectivity index is 1.50. The molecule has 1 aromatic heterocycles. The van der Waals surface area contributed by atoms with Gasteiger partial charge in [0, 0.05) is 12.0 Å². The number of amides is 1. The van der Waals surface area contributed by atoms with Crippen LogP contribution in [0.5, 0.6) is 23.0 Å². The fourth-order valence-electron chi connectivity index (χ4n) is 5.49. The summed E-state index contributed by atoms with van der Waals surface area (Å²) in [5.74, 6) is 0.560. The molecule has 0 saturated carbocycles. The number of aromatic nitrogens is 1. The largest absolute Gasteiger partial charge is 0.507 e. The van der Waals surface area contributed by atoms with Gasteiger partial charge in [-0.25, -0.2) is 4.98 Å². The molecule has 0 spiro atoms. The lowest BCUT2D eigenvalue weighted by molar-refractivity contribution is -0.132. The maximum atomic E-state index is 13.8. The summed E-state index contributed by atoms with van der Waals surface area (Å²) in [7, 11) is 3.12. The molecule has 6 rings (SSSR count). The van der Waals surface area contributed by atoms with Crippen molar-refractivity contribution in [1.82, 2.24) is 4.98 Å². The average Bonchev–Trinajstić information content (AvgIpc) is 3.68. The molecule has 0 aliphatic carbocycles. The molecule has 2 atom stereocenters. The molecule has 43 heavy (non-hydrogen) atoms. The molecule has 4 aromatic rings. The van der Waals surface area contributed by atoms with Crippen LogP contribution in [0.3, 0.4) is 0 Å². The van der Waals surface area contributed by atoms with E-state index in [4.69, 9.17) is 23.9 Å². The van der Waals surface area contributed by atoms with E-state index in [0.717, 1.165) is 28.9 Å². The Labute approximate surface area is 253 Å². The monoisotopic (exact) mass is 600 g/mol. The smallest absolute Gasteiger partial charge is 0.301 e. The second kappa shape index (κ2) is 11.6. The minimum atomic E-state index is -0.968. The number of fused-ring (bicyclic) bond motifs is 2. The number of hydrogen-bond donors (Lipinski definition) is 1. The zero-order chi connectivity index (χ0) is 30.2. The molecule has 1 amide bonds. The van der Waals surface area contributed by atoms with Crippen molar-refractivity contribution in [3.63, 3.8) is 0 Å². The van der Waals surface area contributed by atoms with Crippen LogP contribution in [0.15, 0.2) is 60.2 Å². The van der Waals surface area contributed by atoms with Crippen LogP contribution in [0.1, 0.15) is 49.4 Å². The Kier molecular flexibility index (Phi) is 7.70. The first-order valence-corrected chi connectivity index (χ1v) is 15.0. The molecule has 0 unspecified atom stereocenters. The van der Waals surface area contributed by atoms with Crippen molar-refractivity contribution in [2.24, 2.45) is 0 Å². The molecule has 3 aromatic carbocycles. The van der Waals surface area contributed by atoms with E-state index >= 15 is 0 Å². The molecule has 0 radical (unpaired) electrons. The highest BCUT2D eigenvalue weighted by Gasteiger charge is 2.48. The average molecular weight is 601 g/mol. The van der Waals surface area contributed by atoms with Crippen molar-refractivity contribution in [3.05, 3.63) is 76.9 Å². The molecule has 222 valence electrons. The summed E-state index contributed by atoms with van der Waals surface area (Å²) < 4.78 is 23.6. The molecule has 2 aliphatic heterocycles. The van der Waals surface area contributed by atoms with E-state index in [1.807, 2.05) is 19.1 Å². The van der Waals surface area contributed by atoms with Crippen LogP contribution in [0.25, 0.3) is 16.0 Å². The van der Waals surface area contributed by atoms with Gasteiger partial charge in [0.05, 0.1) is 42.7 Å². The second-order valence-electron chi connectivity index (χ2n) is 10.6. The van der Waals surface area contributed by atoms with E-state index in [0.29, 0.717) is 52.1 Å². The van der Waals surface area contributed by atoms with E-state index in [9.17, 15) is 14.7 Å². The molecule has 9 nitrogen and oxygen atoms in total. The fourth-order valence-corrected chi connectivity index (χ4v) is 6.51. The summed E-state index contributed by atoms with van der Waals surface area (Å²) in [4.78, 5) is 33.6. The van der Waals surface area contributed by atoms with E-state index in [1.54, 1.807) is 49.6 Å². The molecule has 0 bridgehead atoms. The van der Waals surface area contributed by atoms with Crippen LogP contribution < -0.4 is 23.8 Å². The molecular formula is C33H32N2O7S. The number of benzene rings is 3. The standard InChI is InChI=1S/C33H32N2O7S/c1-5-6-13-41-25-12-7-19(16-26(25)40-4)29-28(30(36)20-8-11-24-21(15-20)14-18(2)42-24)31(37)32(38)35(29)33-34-23-10-9-22(39-3)17-27(23)43-33/h7-12,15-18,29,36H,5-6,13-14H2,1-4H3/t18-,29-/m0/s1. The summed E-state index contributed by atoms with van der Waals surface area (Å²) in [6.45, 7) is 4.58. The van der Waals surface area contributed by atoms with Gasteiger partial charge >= 0.3 is 5.91 Å². The third-order valence-corrected chi connectivity index (χ3v) is 8.68. The number of unbranched alkanes of at least 4 members (excludes halogenated alkanes) is 1. The zero-order valence-corrected chi connectivity index (χ0v) is 25.2. The molecular weight excluding hydrogens is 568 g/mol. The number of anilines is 1. The summed E-state index contributed by atoms with van der Waals surface area (Å²) in [5.41, 5.74) is 2.55. The van der Waals surface area contributed by atoms with Crippen molar-refractivity contribution in [3.8, 4) is 23.0 Å². The molecule has 10 heteroatoms. The number of rotatable bonds is 9. The van der Waals surface area contributed by atoms with E-state index in [1.165, 1.54) is 23.3 Å². The Hall–Kier alpha value is -4.57. The number of ketones is 1. The van der Waals surface area contributed by atoms with Crippen LogP contribution >= 0.6 is 11.3 Å². The highest BCUT2D eigenvalue weighted by atomic mass is 32.1. The van der Waals surface area contributed by atoms with Gasteiger partial charge < -0.3 is 24.1 Å². The number of carbonyl (C=O) groups excluding carboxylic acids is 2. The lowest BCUT2D eigenvalue weighted by Gasteiger charge is -2.24. The van der Waals surface area contributed by atoms with Crippen LogP contribution in [0.2, 0.25) is 0 Å². The number of ether oxygens (including phenoxy) is 4. The highest BCUT2D eigenvalue weighted by molar-refractivity contribution is 7.22. The third-order valence-electron chi connectivity index (χ3n) is 7.66. The Morgan fingerprint density at radius 1 is 1.07 bits per heavy atom. The minimum Gasteiger partial charge on any atom is -0.507 e. The number of aliphatic hydroxyl groups is 1. The van der Waals surface area contributed by atoms with Crippen molar-refractivity contribution in [1.29, 1.82) is 0 Å². The molecule has 1 N–H and O–H groups in total. The lowest BCUT2D eigenvalue weighted by atomic mass is 9.94. The number of Topliss-reactive ketones (excluding diaryl/α,β-unsaturated/α-hetero) is 1. The number of thiazole rings is 1. The van der Waals surface area contributed by atoms with Gasteiger partial charge in [0.1, 0.15) is 23.4 Å². The highest BCUT2D eigenvalue weighted by Crippen LogP contribution is 2.46. The SMILES string of the molecule is CCCCOc1ccc([C@H]2C(=C(O)c3ccc4c(c3)C[C@H](C)O4)C(=O)C(=O)N2c2nc3ccc(OC)cc3s2)cc1OC. The van der Waals surface area contributed by atoms with E-state index in [-0.39, 0.29) is 17.4 Å². The number of hydrogen-bond acceptors (Lipinski definition) is 9. The topological polar surface area (TPSA) is 107 Å². The molecule has 3 heterocycles. The number of nitrogens with zero attached hydrogens (tertiary/aromatic N) is 2. The van der Waals surface area contributed by atoms with Crippen molar-refractivity contribution in [2.45, 2.75) is 45.3 Å². The predicted molar refractivity (Wildman–Crippen MR) is 165 cm³/mol. The van der Waals surface area contributed by atoms with E-state index < -0.39 is 17.7 Å². The lowest BCUT2D eigenvalue weighted by Crippen LogP contribution is -2.29. The van der Waals surface area contributed by atoms with Crippen molar-refractivity contribution in [2.75, 3.05) is 25.7 Å². The van der Waals surface area contributed by atoms with Crippen LogP contribution in [-0.4, -0.2) is 48.7 Å². The fraction of sp³-hybridized carbons (Fsp3) is 0.303. The van der Waals surface area contributed by atoms with Crippen molar-refractivity contribution < 1.29 is 33.6 Å². The zero-order valence-electron chi connectivity index (χ0n) is 24.4. The number of methoxy groups -OCH3 is 2. The normalized spacial score (nSPS) is 19.0. The first-order chi connectivity index (χ1) is 20.8. The number of aliphatic hydroxyl groups excluding tert-OH is 1. The van der Waals surface area contributed by atoms with Gasteiger partial charge in [-0.15, -0.1) is 0 Å². The molecule has 1 saturated heterocycles. The Bertz CT molecular complexity index is 1760. The summed E-state index contributed by atoms with van der Waals surface area (Å²) in [6.07, 6.45) is 2.57. The maximum Gasteiger partial charge on any atom is 0.301 e. The Morgan fingerprint density at radius 3 is 2.67 bits per heavy atom. The van der Waals surface area contributed by atoms with Gasteiger partial charge in [-0.3, -0.25) is 14.5 Å².